The van der Waals surface area contributed by atoms with Crippen LogP contribution in [0.4, 0.5) is 16.2 Å². The fraction of sp³-hybridized carbons (Fsp3) is 0.188. The predicted molar refractivity (Wildman–Crippen MR) is 84.4 cm³/mol. The third-order valence-electron chi connectivity index (χ3n) is 3.11. The number of carbonyl (C=O) groups excluding carboxylic acids is 1. The molecular formula is C16H19N3O2. The van der Waals surface area contributed by atoms with Gasteiger partial charge in [-0.1, -0.05) is 12.1 Å². The molecule has 0 radical (unpaired) electrons. The van der Waals surface area contributed by atoms with Gasteiger partial charge in [0.05, 0.1) is 13.2 Å². The number of urea groups is 1. The monoisotopic (exact) mass is 285 g/mol. The molecule has 0 spiro atoms. The van der Waals surface area contributed by atoms with E-state index in [0.717, 1.165) is 11.3 Å². The van der Waals surface area contributed by atoms with E-state index in [2.05, 4.69) is 10.6 Å². The van der Waals surface area contributed by atoms with Crippen molar-refractivity contribution in [3.63, 3.8) is 0 Å². The van der Waals surface area contributed by atoms with Gasteiger partial charge >= 0.3 is 6.03 Å². The van der Waals surface area contributed by atoms with E-state index < -0.39 is 0 Å². The summed E-state index contributed by atoms with van der Waals surface area (Å²) in [6.45, 7) is 1.91. The van der Waals surface area contributed by atoms with Crippen LogP contribution >= 0.6 is 0 Å². The van der Waals surface area contributed by atoms with Crippen LogP contribution in [0.25, 0.3) is 0 Å². The number of benzene rings is 2. The molecule has 0 aliphatic rings. The van der Waals surface area contributed by atoms with Gasteiger partial charge in [-0.3, -0.25) is 0 Å². The van der Waals surface area contributed by atoms with Crippen molar-refractivity contribution in [2.24, 2.45) is 0 Å². The Morgan fingerprint density at radius 3 is 2.52 bits per heavy atom. The molecule has 0 bridgehead atoms. The van der Waals surface area contributed by atoms with Crippen molar-refractivity contribution >= 4 is 17.4 Å². The Morgan fingerprint density at radius 1 is 1.19 bits per heavy atom. The maximum Gasteiger partial charge on any atom is 0.319 e. The van der Waals surface area contributed by atoms with Crippen molar-refractivity contribution in [1.29, 1.82) is 0 Å². The molecule has 2 rings (SSSR count). The Kier molecular flexibility index (Phi) is 4.66. The molecule has 0 aromatic heterocycles. The molecule has 0 fully saturated rings. The number of nitrogen functional groups attached to an aromatic ring is 1. The Balaban J connectivity index is 1.94. The van der Waals surface area contributed by atoms with Crippen molar-refractivity contribution in [3.8, 4) is 5.75 Å². The molecular weight excluding hydrogens is 266 g/mol. The quantitative estimate of drug-likeness (QED) is 0.755. The highest BCUT2D eigenvalue weighted by atomic mass is 16.5. The van der Waals surface area contributed by atoms with Gasteiger partial charge in [0.25, 0.3) is 0 Å². The second-order valence-corrected chi connectivity index (χ2v) is 4.72. The first-order valence-corrected chi connectivity index (χ1v) is 6.65. The molecule has 0 heterocycles. The Labute approximate surface area is 124 Å². The zero-order valence-corrected chi connectivity index (χ0v) is 12.1. The molecule has 0 aliphatic carbocycles. The summed E-state index contributed by atoms with van der Waals surface area (Å²) in [7, 11) is 1.60. The average molecular weight is 285 g/mol. The normalized spacial score (nSPS) is 11.5. The summed E-state index contributed by atoms with van der Waals surface area (Å²) in [6, 6.07) is 14.2. The Morgan fingerprint density at radius 2 is 1.90 bits per heavy atom. The lowest BCUT2D eigenvalue weighted by atomic mass is 10.1. The summed E-state index contributed by atoms with van der Waals surface area (Å²) in [5, 5.41) is 5.64. The maximum atomic E-state index is 12.0. The van der Waals surface area contributed by atoms with Gasteiger partial charge in [0.15, 0.2) is 0 Å². The highest BCUT2D eigenvalue weighted by Gasteiger charge is 2.09. The number of hydrogen-bond acceptors (Lipinski definition) is 3. The van der Waals surface area contributed by atoms with Gasteiger partial charge in [0.1, 0.15) is 5.75 Å². The van der Waals surface area contributed by atoms with Crippen LogP contribution in [0.2, 0.25) is 0 Å². The lowest BCUT2D eigenvalue weighted by Crippen LogP contribution is -2.31. The Hall–Kier alpha value is -2.69. The van der Waals surface area contributed by atoms with Crippen molar-refractivity contribution in [3.05, 3.63) is 54.1 Å². The second kappa shape index (κ2) is 6.65. The fourth-order valence-corrected chi connectivity index (χ4v) is 1.95. The minimum absolute atomic E-state index is 0.133. The minimum Gasteiger partial charge on any atom is -0.497 e. The summed E-state index contributed by atoms with van der Waals surface area (Å²) >= 11 is 0. The molecule has 21 heavy (non-hydrogen) atoms. The van der Waals surface area contributed by atoms with Crippen LogP contribution in [-0.2, 0) is 0 Å². The summed E-state index contributed by atoms with van der Waals surface area (Å²) in [6.07, 6.45) is 0. The van der Waals surface area contributed by atoms with Crippen molar-refractivity contribution in [2.45, 2.75) is 13.0 Å². The third-order valence-corrected chi connectivity index (χ3v) is 3.11. The maximum absolute atomic E-state index is 12.0. The molecule has 0 saturated carbocycles. The molecule has 5 nitrogen and oxygen atoms in total. The van der Waals surface area contributed by atoms with Crippen LogP contribution in [0.15, 0.2) is 48.5 Å². The standard InChI is InChI=1S/C16H19N3O2/c1-11(12-4-3-5-13(17)10-12)18-16(20)19-14-6-8-15(21-2)9-7-14/h3-11H,17H2,1-2H3,(H2,18,19,20). The van der Waals surface area contributed by atoms with Crippen molar-refractivity contribution in [1.82, 2.24) is 5.32 Å². The van der Waals surface area contributed by atoms with Crippen LogP contribution in [0.1, 0.15) is 18.5 Å². The topological polar surface area (TPSA) is 76.4 Å². The largest absolute Gasteiger partial charge is 0.497 e. The molecule has 110 valence electrons. The van der Waals surface area contributed by atoms with E-state index in [-0.39, 0.29) is 12.1 Å². The molecule has 2 amide bonds. The van der Waals surface area contributed by atoms with Crippen LogP contribution in [0, 0.1) is 0 Å². The fourth-order valence-electron chi connectivity index (χ4n) is 1.95. The molecule has 2 aromatic rings. The molecule has 1 unspecified atom stereocenters. The molecule has 0 saturated heterocycles. The number of nitrogens with one attached hydrogen (secondary N) is 2. The predicted octanol–water partition coefficient (Wildman–Crippen LogP) is 3.16. The summed E-state index contributed by atoms with van der Waals surface area (Å²) in [5.41, 5.74) is 8.08. The van der Waals surface area contributed by atoms with Gasteiger partial charge in [-0.2, -0.15) is 0 Å². The zero-order valence-electron chi connectivity index (χ0n) is 12.1. The van der Waals surface area contributed by atoms with Gasteiger partial charge in [0.2, 0.25) is 0 Å². The van der Waals surface area contributed by atoms with Gasteiger partial charge < -0.3 is 21.1 Å². The molecule has 1 atom stereocenters. The number of nitrogens with two attached hydrogens (primary N) is 1. The number of amides is 2. The number of carbonyl (C=O) groups is 1. The number of rotatable bonds is 4. The number of methoxy groups -OCH3 is 1. The zero-order chi connectivity index (χ0) is 15.2. The molecule has 4 N–H and O–H groups in total. The van der Waals surface area contributed by atoms with Crippen molar-refractivity contribution < 1.29 is 9.53 Å². The number of anilines is 2. The molecule has 0 aliphatic heterocycles. The van der Waals surface area contributed by atoms with Crippen LogP contribution in [0.5, 0.6) is 5.75 Å². The number of ether oxygens (including phenoxy) is 1. The smallest absolute Gasteiger partial charge is 0.319 e. The van der Waals surface area contributed by atoms with E-state index in [1.165, 1.54) is 0 Å². The van der Waals surface area contributed by atoms with Crippen molar-refractivity contribution in [2.75, 3.05) is 18.2 Å². The summed E-state index contributed by atoms with van der Waals surface area (Å²) in [5.74, 6) is 0.745. The first-order valence-electron chi connectivity index (χ1n) is 6.65. The summed E-state index contributed by atoms with van der Waals surface area (Å²) in [4.78, 5) is 12.0. The lowest BCUT2D eigenvalue weighted by molar-refractivity contribution is 0.249. The summed E-state index contributed by atoms with van der Waals surface area (Å²) < 4.78 is 5.07. The third kappa shape index (κ3) is 4.14. The van der Waals surface area contributed by atoms with Gasteiger partial charge in [-0.25, -0.2) is 4.79 Å². The van der Waals surface area contributed by atoms with E-state index in [1.807, 2.05) is 31.2 Å². The lowest BCUT2D eigenvalue weighted by Gasteiger charge is -2.15. The molecule has 5 heteroatoms. The Bertz CT molecular complexity index is 611. The first kappa shape index (κ1) is 14.7. The van der Waals surface area contributed by atoms with Gasteiger partial charge in [-0.15, -0.1) is 0 Å². The van der Waals surface area contributed by atoms with E-state index in [4.69, 9.17) is 10.5 Å². The van der Waals surface area contributed by atoms with Crippen LogP contribution < -0.4 is 21.1 Å². The van der Waals surface area contributed by atoms with Crippen LogP contribution in [-0.4, -0.2) is 13.1 Å². The molecule has 2 aromatic carbocycles. The van der Waals surface area contributed by atoms with E-state index in [0.29, 0.717) is 11.4 Å². The first-order chi connectivity index (χ1) is 10.1. The average Bonchev–Trinajstić information content (AvgIpc) is 2.48. The highest BCUT2D eigenvalue weighted by Crippen LogP contribution is 2.17. The van der Waals surface area contributed by atoms with Gasteiger partial charge in [0, 0.05) is 11.4 Å². The van der Waals surface area contributed by atoms with Gasteiger partial charge in [-0.05, 0) is 48.9 Å². The second-order valence-electron chi connectivity index (χ2n) is 4.72. The van der Waals surface area contributed by atoms with E-state index in [1.54, 1.807) is 31.4 Å². The SMILES string of the molecule is COc1ccc(NC(=O)NC(C)c2cccc(N)c2)cc1. The van der Waals surface area contributed by atoms with Crippen LogP contribution in [0.3, 0.4) is 0 Å². The minimum atomic E-state index is -0.268. The van der Waals surface area contributed by atoms with E-state index in [9.17, 15) is 4.79 Å². The highest BCUT2D eigenvalue weighted by molar-refractivity contribution is 5.89. The number of hydrogen-bond donors (Lipinski definition) is 3. The van der Waals surface area contributed by atoms with E-state index >= 15 is 0 Å².